The highest BCUT2D eigenvalue weighted by Gasteiger charge is 2.03. The smallest absolute Gasteiger partial charge is 0.222 e. The van der Waals surface area contributed by atoms with E-state index < -0.39 is 18.7 Å². The van der Waals surface area contributed by atoms with Gasteiger partial charge in [0.2, 0.25) is 18.4 Å². The summed E-state index contributed by atoms with van der Waals surface area (Å²) in [6.45, 7) is 13.3. The quantitative estimate of drug-likeness (QED) is 0.362. The molecule has 1 unspecified atom stereocenters. The van der Waals surface area contributed by atoms with Gasteiger partial charge in [-0.25, -0.2) is 0 Å². The topological polar surface area (TPSA) is 74.2 Å². The van der Waals surface area contributed by atoms with Gasteiger partial charge in [-0.15, -0.1) is 0 Å². The molecule has 0 aliphatic rings. The highest BCUT2D eigenvalue weighted by molar-refractivity contribution is 5.95. The molecule has 0 rings (SSSR count). The first-order valence-corrected chi connectivity index (χ1v) is 9.18. The van der Waals surface area contributed by atoms with Gasteiger partial charge in [0.25, 0.3) is 0 Å². The second kappa shape index (κ2) is 19.9. The predicted molar refractivity (Wildman–Crippen MR) is 101 cm³/mol. The number of Topliss-reactive ketones (excluding diaryl/α,β-unsaturated/α-hetero) is 1. The molecule has 0 heterocycles. The Morgan fingerprint density at radius 2 is 1.19 bits per heavy atom. The fourth-order valence-corrected chi connectivity index (χ4v) is 1.36. The molecule has 1 atom stereocenters. The zero-order valence-electron chi connectivity index (χ0n) is 17.0. The van der Waals surface area contributed by atoms with E-state index >= 15 is 0 Å². The molecule has 6 nitrogen and oxygen atoms in total. The first-order valence-electron chi connectivity index (χ1n) is 9.18. The van der Waals surface area contributed by atoms with Gasteiger partial charge < -0.3 is 24.1 Å². The highest BCUT2D eigenvalue weighted by Crippen LogP contribution is 1.94. The fourth-order valence-electron chi connectivity index (χ4n) is 1.36. The van der Waals surface area contributed by atoms with E-state index in [1.807, 2.05) is 34.6 Å². The summed E-state index contributed by atoms with van der Waals surface area (Å²) in [5.74, 6) is 10.4. The molecule has 0 aromatic heterocycles. The first-order chi connectivity index (χ1) is 12.5. The Morgan fingerprint density at radius 3 is 1.54 bits per heavy atom. The lowest BCUT2D eigenvalue weighted by atomic mass is 10.3. The molecule has 0 aliphatic heterocycles. The summed E-state index contributed by atoms with van der Waals surface area (Å²) in [5.41, 5.74) is 0. The summed E-state index contributed by atoms with van der Waals surface area (Å²) in [5, 5.41) is 9.16. The van der Waals surface area contributed by atoms with E-state index in [4.69, 9.17) is 24.1 Å². The van der Waals surface area contributed by atoms with E-state index in [1.165, 1.54) is 0 Å². The third-order valence-corrected chi connectivity index (χ3v) is 2.68. The fraction of sp³-hybridized carbons (Fsp3) is 0.750. The second-order valence-corrected chi connectivity index (χ2v) is 4.74. The summed E-state index contributed by atoms with van der Waals surface area (Å²) in [7, 11) is 0. The molecule has 0 aromatic carbocycles. The van der Waals surface area contributed by atoms with Gasteiger partial charge in [0, 0.05) is 32.8 Å². The minimum atomic E-state index is -0.580. The zero-order chi connectivity index (χ0) is 20.2. The van der Waals surface area contributed by atoms with Gasteiger partial charge in [0.05, 0.1) is 0 Å². The zero-order valence-corrected chi connectivity index (χ0v) is 17.0. The molecule has 0 saturated heterocycles. The van der Waals surface area contributed by atoms with E-state index in [9.17, 15) is 4.79 Å². The summed E-state index contributed by atoms with van der Waals surface area (Å²) >= 11 is 0. The average Bonchev–Trinajstić information content (AvgIpc) is 2.64. The van der Waals surface area contributed by atoms with Crippen LogP contribution in [0.2, 0.25) is 0 Å². The van der Waals surface area contributed by atoms with Gasteiger partial charge in [-0.1, -0.05) is 19.8 Å². The van der Waals surface area contributed by atoms with Crippen molar-refractivity contribution in [3.8, 4) is 23.7 Å². The lowest BCUT2D eigenvalue weighted by molar-refractivity contribution is -0.114. The van der Waals surface area contributed by atoms with E-state index in [0.717, 1.165) is 0 Å². The maximum Gasteiger partial charge on any atom is 0.222 e. The minimum Gasteiger partial charge on any atom is -0.380 e. The van der Waals surface area contributed by atoms with Crippen LogP contribution in [0.1, 0.15) is 54.4 Å². The molecule has 0 aliphatic carbocycles. The molecular formula is C20H34O6. The van der Waals surface area contributed by atoms with Crippen LogP contribution in [0.4, 0.5) is 0 Å². The van der Waals surface area contributed by atoms with Crippen molar-refractivity contribution in [3.05, 3.63) is 0 Å². The minimum absolute atomic E-state index is 0.0931. The van der Waals surface area contributed by atoms with Crippen LogP contribution in [0.25, 0.3) is 0 Å². The molecule has 26 heavy (non-hydrogen) atoms. The Morgan fingerprint density at radius 1 is 0.769 bits per heavy atom. The molecule has 0 fully saturated rings. The van der Waals surface area contributed by atoms with Crippen LogP contribution in [-0.2, 0) is 23.7 Å². The number of aliphatic hydroxyl groups is 1. The van der Waals surface area contributed by atoms with E-state index in [0.29, 0.717) is 39.3 Å². The maximum atomic E-state index is 10.8. The van der Waals surface area contributed by atoms with Crippen LogP contribution < -0.4 is 0 Å². The van der Waals surface area contributed by atoms with Gasteiger partial charge in [-0.3, -0.25) is 4.79 Å². The van der Waals surface area contributed by atoms with Gasteiger partial charge in [-0.05, 0) is 51.9 Å². The monoisotopic (exact) mass is 370 g/mol. The SMILES string of the molecule is CCOC(C#CC(=O)CC)OCC.CCOC(C#CC(O)CC)OCC. The van der Waals surface area contributed by atoms with Crippen LogP contribution in [0.3, 0.4) is 0 Å². The highest BCUT2D eigenvalue weighted by atomic mass is 16.7. The number of rotatable bonds is 10. The van der Waals surface area contributed by atoms with Gasteiger partial charge in [0.1, 0.15) is 6.10 Å². The Bertz CT molecular complexity index is 442. The lowest BCUT2D eigenvalue weighted by Gasteiger charge is -2.09. The van der Waals surface area contributed by atoms with Crippen molar-refractivity contribution in [2.24, 2.45) is 0 Å². The Hall–Kier alpha value is -1.41. The van der Waals surface area contributed by atoms with Crippen molar-refractivity contribution in [3.63, 3.8) is 0 Å². The van der Waals surface area contributed by atoms with Crippen LogP contribution in [0, 0.1) is 23.7 Å². The molecule has 6 heteroatoms. The van der Waals surface area contributed by atoms with Crippen LogP contribution >= 0.6 is 0 Å². The number of carbonyl (C=O) groups excluding carboxylic acids is 1. The van der Waals surface area contributed by atoms with Crippen molar-refractivity contribution in [2.75, 3.05) is 26.4 Å². The molecule has 0 amide bonds. The Balaban J connectivity index is 0. The molecule has 1 N–H and O–H groups in total. The summed E-state index contributed by atoms with van der Waals surface area (Å²) in [4.78, 5) is 10.8. The van der Waals surface area contributed by atoms with Gasteiger partial charge in [0.15, 0.2) is 0 Å². The number of aliphatic hydroxyl groups excluding tert-OH is 1. The normalized spacial score (nSPS) is 11.0. The number of hydrogen-bond acceptors (Lipinski definition) is 6. The van der Waals surface area contributed by atoms with E-state index in [2.05, 4.69) is 23.7 Å². The lowest BCUT2D eigenvalue weighted by Crippen LogP contribution is -2.15. The van der Waals surface area contributed by atoms with Crippen molar-refractivity contribution in [2.45, 2.75) is 73.1 Å². The van der Waals surface area contributed by atoms with Crippen molar-refractivity contribution < 1.29 is 28.8 Å². The van der Waals surface area contributed by atoms with Gasteiger partial charge >= 0.3 is 0 Å². The van der Waals surface area contributed by atoms with Crippen molar-refractivity contribution >= 4 is 5.78 Å². The summed E-state index contributed by atoms with van der Waals surface area (Å²) < 4.78 is 20.6. The largest absolute Gasteiger partial charge is 0.380 e. The third kappa shape index (κ3) is 17.4. The molecular weight excluding hydrogens is 336 g/mol. The molecule has 150 valence electrons. The van der Waals surface area contributed by atoms with Gasteiger partial charge in [-0.2, -0.15) is 0 Å². The summed E-state index contributed by atoms with van der Waals surface area (Å²) in [6.07, 6.45) is -0.597. The molecule has 0 saturated carbocycles. The van der Waals surface area contributed by atoms with Crippen LogP contribution in [0.5, 0.6) is 0 Å². The number of carbonyl (C=O) groups is 1. The molecule has 0 radical (unpaired) electrons. The second-order valence-electron chi connectivity index (χ2n) is 4.74. The third-order valence-electron chi connectivity index (χ3n) is 2.68. The molecule has 0 aromatic rings. The Labute approximate surface area is 158 Å². The maximum absolute atomic E-state index is 10.8. The van der Waals surface area contributed by atoms with E-state index in [-0.39, 0.29) is 5.78 Å². The van der Waals surface area contributed by atoms with E-state index in [1.54, 1.807) is 6.92 Å². The Kier molecular flexibility index (Phi) is 20.5. The summed E-state index contributed by atoms with van der Waals surface area (Å²) in [6, 6.07) is 0. The number of hydrogen-bond donors (Lipinski definition) is 1. The predicted octanol–water partition coefficient (Wildman–Crippen LogP) is 2.53. The molecule has 0 bridgehead atoms. The first kappa shape index (κ1) is 26.8. The van der Waals surface area contributed by atoms with Crippen molar-refractivity contribution in [1.29, 1.82) is 0 Å². The number of ketones is 1. The molecule has 0 spiro atoms. The number of ether oxygens (including phenoxy) is 4. The van der Waals surface area contributed by atoms with Crippen LogP contribution in [-0.4, -0.2) is 56.0 Å². The average molecular weight is 370 g/mol. The van der Waals surface area contributed by atoms with Crippen LogP contribution in [0.15, 0.2) is 0 Å². The van der Waals surface area contributed by atoms with Crippen molar-refractivity contribution in [1.82, 2.24) is 0 Å². The standard InChI is InChI=1S/C10H18O3.C10H16O3/c2*1-4-9(11)7-8-10(12-5-2)13-6-3/h9-11H,4-6H2,1-3H3;10H,4-6H2,1-3H3.